The van der Waals surface area contributed by atoms with Crippen LogP contribution in [0.2, 0.25) is 4.34 Å². The maximum atomic E-state index is 12.9. The first-order valence-corrected chi connectivity index (χ1v) is 9.16. The van der Waals surface area contributed by atoms with E-state index in [1.165, 1.54) is 17.0 Å². The SMILES string of the molecule is O=C(c1ccc(Cl)s1)N1CC(S(=O)(=O)c2ccc(F)cc2)C1. The second-order valence-electron chi connectivity index (χ2n) is 4.93. The Morgan fingerprint density at radius 3 is 2.36 bits per heavy atom. The predicted octanol–water partition coefficient (Wildman–Crippen LogP) is 2.84. The van der Waals surface area contributed by atoms with E-state index in [0.29, 0.717) is 9.21 Å². The van der Waals surface area contributed by atoms with Crippen LogP contribution in [0.1, 0.15) is 9.67 Å². The minimum atomic E-state index is -3.55. The van der Waals surface area contributed by atoms with Crippen molar-refractivity contribution in [1.82, 2.24) is 4.90 Å². The molecule has 1 aromatic heterocycles. The van der Waals surface area contributed by atoms with Crippen molar-refractivity contribution in [3.8, 4) is 0 Å². The van der Waals surface area contributed by atoms with Crippen LogP contribution >= 0.6 is 22.9 Å². The Hall–Kier alpha value is -1.44. The standard InChI is InChI=1S/C14H11ClFNO3S2/c15-13-6-5-12(21-13)14(18)17-7-11(8-17)22(19,20)10-3-1-9(16)2-4-10/h1-6,11H,7-8H2. The maximum Gasteiger partial charge on any atom is 0.264 e. The molecular weight excluding hydrogens is 349 g/mol. The van der Waals surface area contributed by atoms with Crippen LogP contribution in [-0.2, 0) is 9.84 Å². The van der Waals surface area contributed by atoms with Crippen LogP contribution < -0.4 is 0 Å². The summed E-state index contributed by atoms with van der Waals surface area (Å²) in [7, 11) is -3.55. The quantitative estimate of drug-likeness (QED) is 0.792. The van der Waals surface area contributed by atoms with Gasteiger partial charge in [0.2, 0.25) is 0 Å². The van der Waals surface area contributed by atoms with Gasteiger partial charge in [-0.3, -0.25) is 4.79 Å². The molecule has 2 heterocycles. The fraction of sp³-hybridized carbons (Fsp3) is 0.214. The third kappa shape index (κ3) is 2.76. The highest BCUT2D eigenvalue weighted by Gasteiger charge is 2.41. The Balaban J connectivity index is 1.70. The number of hydrogen-bond donors (Lipinski definition) is 0. The summed E-state index contributed by atoms with van der Waals surface area (Å²) in [5.74, 6) is -0.707. The summed E-state index contributed by atoms with van der Waals surface area (Å²) in [6, 6.07) is 7.97. The molecule has 0 unspecified atom stereocenters. The van der Waals surface area contributed by atoms with Crippen molar-refractivity contribution >= 4 is 38.7 Å². The Bertz CT molecular complexity index is 811. The predicted molar refractivity (Wildman–Crippen MR) is 82.6 cm³/mol. The third-order valence-corrected chi connectivity index (χ3v) is 6.82. The summed E-state index contributed by atoms with van der Waals surface area (Å²) in [4.78, 5) is 14.2. The van der Waals surface area contributed by atoms with Crippen molar-refractivity contribution in [3.63, 3.8) is 0 Å². The zero-order valence-corrected chi connectivity index (χ0v) is 13.6. The number of carbonyl (C=O) groups excluding carboxylic acids is 1. The van der Waals surface area contributed by atoms with Gasteiger partial charge in [-0.2, -0.15) is 0 Å². The molecule has 1 fully saturated rings. The highest BCUT2D eigenvalue weighted by molar-refractivity contribution is 7.92. The normalized spacial score (nSPS) is 15.6. The van der Waals surface area contributed by atoms with E-state index in [-0.39, 0.29) is 23.9 Å². The summed E-state index contributed by atoms with van der Waals surface area (Å²) in [5.41, 5.74) is 0. The molecule has 0 N–H and O–H groups in total. The van der Waals surface area contributed by atoms with E-state index in [1.807, 2.05) is 0 Å². The zero-order valence-electron chi connectivity index (χ0n) is 11.2. The van der Waals surface area contributed by atoms with E-state index in [0.717, 1.165) is 23.5 Å². The summed E-state index contributed by atoms with van der Waals surface area (Å²) < 4.78 is 38.1. The van der Waals surface area contributed by atoms with E-state index >= 15 is 0 Å². The van der Waals surface area contributed by atoms with E-state index < -0.39 is 20.9 Å². The Labute approximate surface area is 136 Å². The monoisotopic (exact) mass is 359 g/mol. The van der Waals surface area contributed by atoms with Crippen molar-refractivity contribution in [2.45, 2.75) is 10.1 Å². The lowest BCUT2D eigenvalue weighted by Gasteiger charge is -2.38. The Morgan fingerprint density at radius 2 is 1.82 bits per heavy atom. The summed E-state index contributed by atoms with van der Waals surface area (Å²) in [6.07, 6.45) is 0. The fourth-order valence-corrected chi connectivity index (χ4v) is 4.87. The topological polar surface area (TPSA) is 54.5 Å². The van der Waals surface area contributed by atoms with Crippen molar-refractivity contribution in [1.29, 1.82) is 0 Å². The Kier molecular flexibility index (Phi) is 3.96. The van der Waals surface area contributed by atoms with Crippen LogP contribution in [0.4, 0.5) is 4.39 Å². The molecule has 116 valence electrons. The molecule has 8 heteroatoms. The van der Waals surface area contributed by atoms with E-state index in [9.17, 15) is 17.6 Å². The second kappa shape index (κ2) is 5.64. The highest BCUT2D eigenvalue weighted by Crippen LogP contribution is 2.28. The van der Waals surface area contributed by atoms with Crippen molar-refractivity contribution in [2.24, 2.45) is 0 Å². The van der Waals surface area contributed by atoms with Crippen LogP contribution in [0.5, 0.6) is 0 Å². The van der Waals surface area contributed by atoms with Gasteiger partial charge in [0.1, 0.15) is 11.1 Å². The lowest BCUT2D eigenvalue weighted by Crippen LogP contribution is -2.56. The maximum absolute atomic E-state index is 12.9. The smallest absolute Gasteiger partial charge is 0.264 e. The van der Waals surface area contributed by atoms with E-state index in [1.54, 1.807) is 12.1 Å². The van der Waals surface area contributed by atoms with Gasteiger partial charge < -0.3 is 4.90 Å². The van der Waals surface area contributed by atoms with Gasteiger partial charge in [0.25, 0.3) is 5.91 Å². The number of carbonyl (C=O) groups is 1. The second-order valence-corrected chi connectivity index (χ2v) is 8.88. The number of rotatable bonds is 3. The number of sulfone groups is 1. The highest BCUT2D eigenvalue weighted by atomic mass is 35.5. The van der Waals surface area contributed by atoms with Crippen molar-refractivity contribution in [3.05, 3.63) is 51.4 Å². The van der Waals surface area contributed by atoms with E-state index in [4.69, 9.17) is 11.6 Å². The number of nitrogens with zero attached hydrogens (tertiary/aromatic N) is 1. The van der Waals surface area contributed by atoms with Crippen LogP contribution in [0.3, 0.4) is 0 Å². The molecule has 0 bridgehead atoms. The van der Waals surface area contributed by atoms with Gasteiger partial charge in [0.05, 0.1) is 14.1 Å². The van der Waals surface area contributed by atoms with Gasteiger partial charge in [0, 0.05) is 13.1 Å². The van der Waals surface area contributed by atoms with Gasteiger partial charge in [-0.25, -0.2) is 12.8 Å². The summed E-state index contributed by atoms with van der Waals surface area (Å²) >= 11 is 6.95. The molecule has 1 saturated heterocycles. The minimum Gasteiger partial charge on any atom is -0.335 e. The van der Waals surface area contributed by atoms with Gasteiger partial charge >= 0.3 is 0 Å². The van der Waals surface area contributed by atoms with Gasteiger partial charge in [-0.1, -0.05) is 11.6 Å². The molecule has 1 aliphatic heterocycles. The molecule has 3 rings (SSSR count). The molecule has 1 aromatic carbocycles. The number of amides is 1. The molecule has 0 spiro atoms. The number of hydrogen-bond acceptors (Lipinski definition) is 4. The third-order valence-electron chi connectivity index (χ3n) is 3.50. The lowest BCUT2D eigenvalue weighted by molar-refractivity contribution is 0.0664. The molecule has 0 aliphatic carbocycles. The molecule has 2 aromatic rings. The molecule has 1 amide bonds. The Morgan fingerprint density at radius 1 is 1.18 bits per heavy atom. The van der Waals surface area contributed by atoms with Gasteiger partial charge in [0.15, 0.2) is 9.84 Å². The molecule has 0 atom stereocenters. The minimum absolute atomic E-state index is 0.0742. The van der Waals surface area contributed by atoms with Crippen LogP contribution in [-0.4, -0.2) is 37.6 Å². The molecule has 0 saturated carbocycles. The van der Waals surface area contributed by atoms with Crippen LogP contribution in [0.15, 0.2) is 41.3 Å². The summed E-state index contributed by atoms with van der Waals surface area (Å²) in [5, 5.41) is -0.655. The fourth-order valence-electron chi connectivity index (χ4n) is 2.20. The van der Waals surface area contributed by atoms with E-state index in [2.05, 4.69) is 0 Å². The van der Waals surface area contributed by atoms with Crippen LogP contribution in [0.25, 0.3) is 0 Å². The van der Waals surface area contributed by atoms with Crippen molar-refractivity contribution < 1.29 is 17.6 Å². The molecule has 0 radical (unpaired) electrons. The van der Waals surface area contributed by atoms with Gasteiger partial charge in [-0.15, -0.1) is 11.3 Å². The zero-order chi connectivity index (χ0) is 15.9. The first-order valence-electron chi connectivity index (χ1n) is 6.42. The van der Waals surface area contributed by atoms with Crippen LogP contribution in [0, 0.1) is 5.82 Å². The number of likely N-dealkylation sites (tertiary alicyclic amines) is 1. The number of benzene rings is 1. The molecule has 4 nitrogen and oxygen atoms in total. The lowest BCUT2D eigenvalue weighted by atomic mass is 10.2. The molecule has 22 heavy (non-hydrogen) atoms. The average molecular weight is 360 g/mol. The molecular formula is C14H11ClFNO3S2. The molecule has 1 aliphatic rings. The number of thiophene rings is 1. The van der Waals surface area contributed by atoms with Crippen molar-refractivity contribution in [2.75, 3.05) is 13.1 Å². The number of halogens is 2. The average Bonchev–Trinajstić information content (AvgIpc) is 2.84. The van der Waals surface area contributed by atoms with Gasteiger partial charge in [-0.05, 0) is 36.4 Å². The largest absolute Gasteiger partial charge is 0.335 e. The summed E-state index contributed by atoms with van der Waals surface area (Å²) in [6.45, 7) is 0.266. The first-order chi connectivity index (χ1) is 10.4. The first kappa shape index (κ1) is 15.5.